The first kappa shape index (κ1) is 14.5. The second kappa shape index (κ2) is 7.68. The van der Waals surface area contributed by atoms with Crippen LogP contribution in [0.3, 0.4) is 0 Å². The highest BCUT2D eigenvalue weighted by molar-refractivity contribution is 5.26. The van der Waals surface area contributed by atoms with Crippen LogP contribution in [0.1, 0.15) is 40.0 Å². The van der Waals surface area contributed by atoms with Crippen LogP contribution < -0.4 is 14.8 Å². The summed E-state index contributed by atoms with van der Waals surface area (Å²) in [5.74, 6) is 0.454. The molecule has 0 radical (unpaired) electrons. The third kappa shape index (κ3) is 4.73. The highest BCUT2D eigenvalue weighted by atomic mass is 16.5. The number of anilines is 1. The van der Waals surface area contributed by atoms with Gasteiger partial charge >= 0.3 is 12.0 Å². The van der Waals surface area contributed by atoms with Gasteiger partial charge in [-0.05, 0) is 19.8 Å². The van der Waals surface area contributed by atoms with Crippen molar-refractivity contribution in [3.63, 3.8) is 0 Å². The molecule has 1 unspecified atom stereocenters. The Balaban J connectivity index is 2.76. The van der Waals surface area contributed by atoms with E-state index in [2.05, 4.69) is 27.2 Å². The van der Waals surface area contributed by atoms with Gasteiger partial charge in [-0.2, -0.15) is 9.97 Å². The zero-order chi connectivity index (χ0) is 13.4. The van der Waals surface area contributed by atoms with Crippen LogP contribution in [0.2, 0.25) is 0 Å². The molecular weight excluding hydrogens is 232 g/mol. The number of hydrogen-bond donors (Lipinski definition) is 1. The van der Waals surface area contributed by atoms with Gasteiger partial charge in [0.25, 0.3) is 0 Å². The summed E-state index contributed by atoms with van der Waals surface area (Å²) in [6.07, 6.45) is 3.01. The molecule has 1 rings (SSSR count). The van der Waals surface area contributed by atoms with Gasteiger partial charge in [-0.15, -0.1) is 4.98 Å². The molecule has 0 fully saturated rings. The molecule has 0 aliphatic heterocycles. The van der Waals surface area contributed by atoms with Crippen molar-refractivity contribution in [2.24, 2.45) is 0 Å². The fourth-order valence-corrected chi connectivity index (χ4v) is 1.41. The van der Waals surface area contributed by atoms with Gasteiger partial charge in [-0.3, -0.25) is 0 Å². The maximum Gasteiger partial charge on any atom is 0.324 e. The molecule has 1 atom stereocenters. The largest absolute Gasteiger partial charge is 0.463 e. The van der Waals surface area contributed by atoms with E-state index in [9.17, 15) is 0 Å². The van der Waals surface area contributed by atoms with Crippen molar-refractivity contribution in [3.05, 3.63) is 0 Å². The van der Waals surface area contributed by atoms with Crippen molar-refractivity contribution < 1.29 is 9.47 Å². The molecule has 1 aromatic heterocycles. The van der Waals surface area contributed by atoms with Gasteiger partial charge in [0.15, 0.2) is 0 Å². The molecule has 6 nitrogen and oxygen atoms in total. The zero-order valence-electron chi connectivity index (χ0n) is 11.6. The first-order chi connectivity index (χ1) is 8.69. The normalized spacial score (nSPS) is 12.0. The minimum Gasteiger partial charge on any atom is -0.463 e. The molecule has 1 heterocycles. The summed E-state index contributed by atoms with van der Waals surface area (Å²) in [6, 6.07) is 0.608. The van der Waals surface area contributed by atoms with Gasteiger partial charge in [0, 0.05) is 7.05 Å². The van der Waals surface area contributed by atoms with Gasteiger partial charge in [0.05, 0.1) is 12.7 Å². The van der Waals surface area contributed by atoms with Crippen molar-refractivity contribution in [1.82, 2.24) is 15.0 Å². The fourth-order valence-electron chi connectivity index (χ4n) is 1.41. The average molecular weight is 254 g/mol. The van der Waals surface area contributed by atoms with Crippen molar-refractivity contribution in [3.8, 4) is 12.0 Å². The number of ether oxygens (including phenoxy) is 2. The Morgan fingerprint density at radius 3 is 2.44 bits per heavy atom. The summed E-state index contributed by atoms with van der Waals surface area (Å²) >= 11 is 0. The molecule has 0 amide bonds. The molecule has 0 aliphatic rings. The minimum absolute atomic E-state index is 0.0844. The van der Waals surface area contributed by atoms with Crippen molar-refractivity contribution in [2.75, 3.05) is 19.0 Å². The Hall–Kier alpha value is -1.59. The Labute approximate surface area is 108 Å². The van der Waals surface area contributed by atoms with E-state index in [0.29, 0.717) is 24.6 Å². The molecule has 6 heteroatoms. The Morgan fingerprint density at radius 2 is 1.83 bits per heavy atom. The van der Waals surface area contributed by atoms with Crippen LogP contribution in [-0.4, -0.2) is 34.7 Å². The fraction of sp³-hybridized carbons (Fsp3) is 0.750. The lowest BCUT2D eigenvalue weighted by Gasteiger charge is -2.13. The van der Waals surface area contributed by atoms with Gasteiger partial charge in [0.1, 0.15) is 0 Å². The second-order valence-corrected chi connectivity index (χ2v) is 4.04. The summed E-state index contributed by atoms with van der Waals surface area (Å²) in [4.78, 5) is 12.4. The maximum absolute atomic E-state index is 5.64. The number of nitrogens with one attached hydrogen (secondary N) is 1. The lowest BCUT2D eigenvalue weighted by molar-refractivity contribution is 0.187. The predicted octanol–water partition coefficient (Wildman–Crippen LogP) is 2.27. The smallest absolute Gasteiger partial charge is 0.324 e. The van der Waals surface area contributed by atoms with Crippen LogP contribution in [-0.2, 0) is 0 Å². The van der Waals surface area contributed by atoms with Gasteiger partial charge in [-0.1, -0.05) is 20.3 Å². The van der Waals surface area contributed by atoms with Crippen LogP contribution in [0.4, 0.5) is 5.95 Å². The maximum atomic E-state index is 5.64. The molecule has 0 bridgehead atoms. The summed E-state index contributed by atoms with van der Waals surface area (Å²) in [6.45, 7) is 6.72. The van der Waals surface area contributed by atoms with Crippen molar-refractivity contribution in [1.29, 1.82) is 0 Å². The van der Waals surface area contributed by atoms with Crippen LogP contribution >= 0.6 is 0 Å². The monoisotopic (exact) mass is 254 g/mol. The minimum atomic E-state index is 0.0844. The topological polar surface area (TPSA) is 69.2 Å². The Bertz CT molecular complexity index is 360. The molecule has 0 aromatic carbocycles. The molecule has 1 aromatic rings. The Kier molecular flexibility index (Phi) is 6.18. The van der Waals surface area contributed by atoms with E-state index in [-0.39, 0.29) is 6.10 Å². The zero-order valence-corrected chi connectivity index (χ0v) is 11.6. The number of aromatic nitrogens is 3. The van der Waals surface area contributed by atoms with E-state index >= 15 is 0 Å². The molecule has 1 N–H and O–H groups in total. The van der Waals surface area contributed by atoms with Crippen LogP contribution in [0.5, 0.6) is 12.0 Å². The predicted molar refractivity (Wildman–Crippen MR) is 70.2 cm³/mol. The van der Waals surface area contributed by atoms with Crippen LogP contribution in [0, 0.1) is 0 Å². The van der Waals surface area contributed by atoms with Gasteiger partial charge < -0.3 is 14.8 Å². The van der Waals surface area contributed by atoms with Crippen molar-refractivity contribution in [2.45, 2.75) is 46.1 Å². The lowest BCUT2D eigenvalue weighted by atomic mass is 10.2. The van der Waals surface area contributed by atoms with E-state index in [4.69, 9.17) is 9.47 Å². The standard InChI is InChI=1S/C12H22N4O2/c1-5-7-9(3)18-12-15-10(13-4)14-11(16-12)17-8-6-2/h9H,5-8H2,1-4H3,(H,13,14,15,16). The molecule has 0 spiro atoms. The SMILES string of the molecule is CCCOc1nc(NC)nc(OC(C)CCC)n1. The molecule has 0 saturated carbocycles. The third-order valence-corrected chi connectivity index (χ3v) is 2.26. The first-order valence-corrected chi connectivity index (χ1v) is 6.42. The van der Waals surface area contributed by atoms with E-state index < -0.39 is 0 Å². The van der Waals surface area contributed by atoms with E-state index in [1.165, 1.54) is 0 Å². The van der Waals surface area contributed by atoms with E-state index in [1.54, 1.807) is 7.05 Å². The average Bonchev–Trinajstić information content (AvgIpc) is 2.36. The molecule has 102 valence electrons. The van der Waals surface area contributed by atoms with Crippen LogP contribution in [0.15, 0.2) is 0 Å². The highest BCUT2D eigenvalue weighted by Gasteiger charge is 2.10. The number of hydrogen-bond acceptors (Lipinski definition) is 6. The molecule has 0 aliphatic carbocycles. The summed E-state index contributed by atoms with van der Waals surface area (Å²) in [5, 5.41) is 2.87. The summed E-state index contributed by atoms with van der Waals surface area (Å²) in [5.41, 5.74) is 0. The molecule has 18 heavy (non-hydrogen) atoms. The number of nitrogens with zero attached hydrogens (tertiary/aromatic N) is 3. The summed E-state index contributed by atoms with van der Waals surface area (Å²) in [7, 11) is 1.75. The number of rotatable bonds is 8. The van der Waals surface area contributed by atoms with E-state index in [1.807, 2.05) is 13.8 Å². The van der Waals surface area contributed by atoms with Crippen molar-refractivity contribution >= 4 is 5.95 Å². The molecule has 0 saturated heterocycles. The third-order valence-electron chi connectivity index (χ3n) is 2.26. The quantitative estimate of drug-likeness (QED) is 0.767. The summed E-state index contributed by atoms with van der Waals surface area (Å²) < 4.78 is 11.0. The second-order valence-electron chi connectivity index (χ2n) is 4.04. The van der Waals surface area contributed by atoms with Gasteiger partial charge in [0.2, 0.25) is 5.95 Å². The Morgan fingerprint density at radius 1 is 1.11 bits per heavy atom. The molecular formula is C12H22N4O2. The highest BCUT2D eigenvalue weighted by Crippen LogP contribution is 2.15. The van der Waals surface area contributed by atoms with Crippen LogP contribution in [0.25, 0.3) is 0 Å². The van der Waals surface area contributed by atoms with E-state index in [0.717, 1.165) is 19.3 Å². The first-order valence-electron chi connectivity index (χ1n) is 6.42. The van der Waals surface area contributed by atoms with Gasteiger partial charge in [-0.25, -0.2) is 0 Å². The lowest BCUT2D eigenvalue weighted by Crippen LogP contribution is -2.15.